The van der Waals surface area contributed by atoms with E-state index in [9.17, 15) is 65.9 Å². The largest absolute Gasteiger partial charge is 0.417 e. The second-order valence-corrected chi connectivity index (χ2v) is 12.0. The lowest BCUT2D eigenvalue weighted by atomic mass is 9.93. The number of alkyl halides is 9. The van der Waals surface area contributed by atoms with Crippen LogP contribution in [0.15, 0.2) is 40.9 Å². The molecule has 0 aliphatic heterocycles. The van der Waals surface area contributed by atoms with Crippen molar-refractivity contribution in [2.24, 2.45) is 5.92 Å². The summed E-state index contributed by atoms with van der Waals surface area (Å²) >= 11 is 2.50. The van der Waals surface area contributed by atoms with E-state index >= 15 is 0 Å². The third kappa shape index (κ3) is 9.75. The molecule has 0 amide bonds. The lowest BCUT2D eigenvalue weighted by Gasteiger charge is -2.19. The predicted molar refractivity (Wildman–Crippen MR) is 126 cm³/mol. The highest BCUT2D eigenvalue weighted by Gasteiger charge is 2.41. The van der Waals surface area contributed by atoms with Gasteiger partial charge in [0.2, 0.25) is 0 Å². The molecule has 0 aromatic heterocycles. The van der Waals surface area contributed by atoms with E-state index in [-0.39, 0.29) is 18.2 Å². The van der Waals surface area contributed by atoms with E-state index in [0.717, 1.165) is 6.92 Å². The summed E-state index contributed by atoms with van der Waals surface area (Å²) in [7, 11) is -4.77. The number of Topliss-reactive ketones (excluding diaryl/α,β-unsaturated/α-hetero) is 1. The van der Waals surface area contributed by atoms with E-state index in [4.69, 9.17) is 0 Å². The molecule has 0 spiro atoms. The first-order chi connectivity index (χ1) is 18.4. The molecule has 2 aromatic rings. The van der Waals surface area contributed by atoms with Crippen molar-refractivity contribution in [3.05, 3.63) is 74.8 Å². The fourth-order valence-electron chi connectivity index (χ4n) is 3.77. The lowest BCUT2D eigenvalue weighted by molar-refractivity contribution is -0.140. The van der Waals surface area contributed by atoms with E-state index in [1.54, 1.807) is 0 Å². The fraction of sp³-hybridized carbons (Fsp3) is 0.375. The molecule has 0 saturated carbocycles. The Morgan fingerprint density at radius 2 is 1.56 bits per heavy atom. The van der Waals surface area contributed by atoms with Gasteiger partial charge in [-0.1, -0.05) is 19.1 Å². The molecule has 3 nitrogen and oxygen atoms in total. The van der Waals surface area contributed by atoms with Gasteiger partial charge in [-0.05, 0) is 51.7 Å². The average molecular weight is 693 g/mol. The molecular weight excluding hydrogens is 676 g/mol. The van der Waals surface area contributed by atoms with Crippen molar-refractivity contribution in [2.45, 2.75) is 37.8 Å². The highest BCUT2D eigenvalue weighted by molar-refractivity contribution is 9.10. The first kappa shape index (κ1) is 34.6. The molecule has 41 heavy (non-hydrogen) atoms. The van der Waals surface area contributed by atoms with Crippen molar-refractivity contribution in [2.75, 3.05) is 11.5 Å². The molecular formula is C24H17BrF12O3S. The number of halogens is 13. The van der Waals surface area contributed by atoms with Gasteiger partial charge in [0.1, 0.15) is 17.5 Å². The molecule has 1 unspecified atom stereocenters. The van der Waals surface area contributed by atoms with E-state index in [0.29, 0.717) is 18.2 Å². The fourth-order valence-corrected chi connectivity index (χ4v) is 5.83. The van der Waals surface area contributed by atoms with Crippen LogP contribution in [-0.2, 0) is 16.0 Å². The van der Waals surface area contributed by atoms with Gasteiger partial charge in [-0.15, -0.1) is 0 Å². The van der Waals surface area contributed by atoms with Crippen molar-refractivity contribution >= 4 is 37.4 Å². The summed E-state index contributed by atoms with van der Waals surface area (Å²) in [6, 6.07) is 1.58. The third-order valence-corrected chi connectivity index (χ3v) is 7.81. The molecule has 228 valence electrons. The SMILES string of the molecule is C[C@@H](CC(=O)c1ccc(/C(F)=C/C(c2cc(F)c(F)c(Br)c2)C(F)(F)F)cc1C(F)(F)F)CS(=O)(=O)CC(F)(F)F. The normalized spacial score (nSPS) is 15.1. The number of rotatable bonds is 9. The minimum absolute atomic E-state index is 0.0126. The van der Waals surface area contributed by atoms with Crippen molar-refractivity contribution in [3.63, 3.8) is 0 Å². The van der Waals surface area contributed by atoms with Crippen LogP contribution < -0.4 is 0 Å². The molecule has 0 saturated heterocycles. The summed E-state index contributed by atoms with van der Waals surface area (Å²) in [4.78, 5) is 12.5. The number of benzene rings is 2. The molecule has 0 heterocycles. The zero-order valence-electron chi connectivity index (χ0n) is 20.3. The number of allylic oxidation sites excluding steroid dienone is 1. The average Bonchev–Trinajstić information content (AvgIpc) is 2.76. The maximum absolute atomic E-state index is 14.9. The predicted octanol–water partition coefficient (Wildman–Crippen LogP) is 8.59. The summed E-state index contributed by atoms with van der Waals surface area (Å²) < 4.78 is 184. The molecule has 0 aliphatic carbocycles. The summed E-state index contributed by atoms with van der Waals surface area (Å²) in [6.45, 7) is 1.00. The van der Waals surface area contributed by atoms with Crippen molar-refractivity contribution in [1.82, 2.24) is 0 Å². The highest BCUT2D eigenvalue weighted by atomic mass is 79.9. The number of sulfone groups is 1. The molecule has 0 radical (unpaired) electrons. The van der Waals surface area contributed by atoms with Gasteiger partial charge in [0, 0.05) is 17.5 Å². The van der Waals surface area contributed by atoms with Crippen molar-refractivity contribution < 1.29 is 65.9 Å². The van der Waals surface area contributed by atoms with Crippen LogP contribution in [0.3, 0.4) is 0 Å². The number of hydrogen-bond donors (Lipinski definition) is 0. The van der Waals surface area contributed by atoms with Gasteiger partial charge in [0.05, 0.1) is 15.8 Å². The summed E-state index contributed by atoms with van der Waals surface area (Å²) in [5.41, 5.74) is -5.01. The summed E-state index contributed by atoms with van der Waals surface area (Å²) in [5.74, 6) is -14.2. The summed E-state index contributed by atoms with van der Waals surface area (Å²) in [5, 5.41) is 0. The Morgan fingerprint density at radius 1 is 0.976 bits per heavy atom. The van der Waals surface area contributed by atoms with E-state index in [1.165, 1.54) is 0 Å². The molecule has 17 heteroatoms. The first-order valence-corrected chi connectivity index (χ1v) is 13.6. The molecule has 0 fully saturated rings. The quantitative estimate of drug-likeness (QED) is 0.150. The van der Waals surface area contributed by atoms with Gasteiger partial charge < -0.3 is 0 Å². The molecule has 2 aromatic carbocycles. The Morgan fingerprint density at radius 3 is 2.05 bits per heavy atom. The Kier molecular flexibility index (Phi) is 10.4. The first-order valence-electron chi connectivity index (χ1n) is 11.0. The Labute approximate surface area is 233 Å². The van der Waals surface area contributed by atoms with Crippen LogP contribution in [0, 0.1) is 17.6 Å². The highest BCUT2D eigenvalue weighted by Crippen LogP contribution is 2.41. The van der Waals surface area contributed by atoms with Crippen molar-refractivity contribution in [1.29, 1.82) is 0 Å². The van der Waals surface area contributed by atoms with Gasteiger partial charge in [-0.3, -0.25) is 4.79 Å². The molecule has 0 N–H and O–H groups in total. The second kappa shape index (κ2) is 12.4. The smallest absolute Gasteiger partial charge is 0.294 e. The van der Waals surface area contributed by atoms with Crippen LogP contribution in [0.5, 0.6) is 0 Å². The van der Waals surface area contributed by atoms with Gasteiger partial charge in [-0.25, -0.2) is 21.6 Å². The second-order valence-electron chi connectivity index (χ2n) is 8.99. The summed E-state index contributed by atoms with van der Waals surface area (Å²) in [6.07, 6.45) is -16.9. The van der Waals surface area contributed by atoms with Crippen LogP contribution in [0.1, 0.15) is 46.3 Å². The van der Waals surface area contributed by atoms with Crippen LogP contribution >= 0.6 is 15.9 Å². The van der Waals surface area contributed by atoms with Crippen molar-refractivity contribution in [3.8, 4) is 0 Å². The molecule has 0 bridgehead atoms. The Hall–Kier alpha value is -2.56. The van der Waals surface area contributed by atoms with Gasteiger partial charge in [-0.2, -0.15) is 39.5 Å². The topological polar surface area (TPSA) is 51.2 Å². The van der Waals surface area contributed by atoms with E-state index in [2.05, 4.69) is 15.9 Å². The Balaban J connectivity index is 2.46. The minimum atomic E-state index is -5.37. The van der Waals surface area contributed by atoms with Crippen LogP contribution in [0.4, 0.5) is 52.7 Å². The standard InChI is InChI=1S/C24H17BrF12O3S/c1-11(9-41(39,40)10-22(29,30)31)4-20(38)14-3-2-12(5-16(14)24(35,36)37)18(26)8-15(23(32,33)34)13-6-17(25)21(28)19(27)7-13/h2-3,5-8,11,15H,4,9-10H2,1H3/b18-8-/t11-,15?/m0/s1. The number of carbonyl (C=O) groups excluding carboxylic acids is 1. The molecule has 0 aliphatic rings. The van der Waals surface area contributed by atoms with Gasteiger partial charge in [0.15, 0.2) is 27.3 Å². The van der Waals surface area contributed by atoms with Gasteiger partial charge >= 0.3 is 18.5 Å². The minimum Gasteiger partial charge on any atom is -0.294 e. The van der Waals surface area contributed by atoms with E-state index in [1.807, 2.05) is 0 Å². The maximum Gasteiger partial charge on any atom is 0.417 e. The Bertz CT molecular complexity index is 1400. The third-order valence-electron chi connectivity index (χ3n) is 5.39. The lowest BCUT2D eigenvalue weighted by Crippen LogP contribution is -2.28. The van der Waals surface area contributed by atoms with Crippen LogP contribution in [0.2, 0.25) is 0 Å². The zero-order chi connectivity index (χ0) is 31.7. The monoisotopic (exact) mass is 692 g/mol. The maximum atomic E-state index is 14.9. The number of ketones is 1. The van der Waals surface area contributed by atoms with Crippen LogP contribution in [0.25, 0.3) is 5.83 Å². The van der Waals surface area contributed by atoms with Crippen LogP contribution in [-0.4, -0.2) is 38.1 Å². The number of carbonyl (C=O) groups is 1. The van der Waals surface area contributed by atoms with E-state index < -0.39 is 108 Å². The van der Waals surface area contributed by atoms with Gasteiger partial charge in [0.25, 0.3) is 0 Å². The molecule has 2 atom stereocenters. The molecule has 2 rings (SSSR count). The number of hydrogen-bond acceptors (Lipinski definition) is 3. The zero-order valence-corrected chi connectivity index (χ0v) is 22.7.